The number of benzene rings is 1. The molecule has 2 amide bonds. The highest BCUT2D eigenvalue weighted by molar-refractivity contribution is 5.89. The summed E-state index contributed by atoms with van der Waals surface area (Å²) in [5.74, 6) is 0. The number of carbonyl (C=O) groups excluding carboxylic acids is 1. The predicted octanol–water partition coefficient (Wildman–Crippen LogP) is 2.89. The van der Waals surface area contributed by atoms with Gasteiger partial charge in [0.15, 0.2) is 0 Å². The number of urea groups is 1. The second kappa shape index (κ2) is 6.27. The fourth-order valence-electron chi connectivity index (χ4n) is 2.71. The molecule has 2 rings (SSSR count). The normalized spacial score (nSPS) is 21.2. The van der Waals surface area contributed by atoms with E-state index in [1.54, 1.807) is 0 Å². The lowest BCUT2D eigenvalue weighted by Crippen LogP contribution is -2.53. The van der Waals surface area contributed by atoms with Crippen LogP contribution in [0.15, 0.2) is 24.3 Å². The predicted molar refractivity (Wildman–Crippen MR) is 83.0 cm³/mol. The van der Waals surface area contributed by atoms with Gasteiger partial charge in [0.1, 0.15) is 0 Å². The molecule has 20 heavy (non-hydrogen) atoms. The maximum atomic E-state index is 11.9. The molecule has 0 aromatic heterocycles. The molecule has 1 aliphatic rings. The van der Waals surface area contributed by atoms with Crippen LogP contribution in [0.4, 0.5) is 10.5 Å². The first kappa shape index (κ1) is 14.9. The van der Waals surface area contributed by atoms with Gasteiger partial charge >= 0.3 is 6.03 Å². The van der Waals surface area contributed by atoms with E-state index in [4.69, 9.17) is 0 Å². The van der Waals surface area contributed by atoms with E-state index in [0.29, 0.717) is 12.6 Å². The van der Waals surface area contributed by atoms with Gasteiger partial charge in [-0.1, -0.05) is 26.0 Å². The van der Waals surface area contributed by atoms with E-state index < -0.39 is 0 Å². The summed E-state index contributed by atoms with van der Waals surface area (Å²) in [5, 5.41) is 9.33. The Labute approximate surface area is 121 Å². The van der Waals surface area contributed by atoms with Crippen LogP contribution in [0.1, 0.15) is 32.3 Å². The molecule has 0 aliphatic carbocycles. The van der Waals surface area contributed by atoms with Crippen molar-refractivity contribution in [1.82, 2.24) is 10.6 Å². The zero-order chi connectivity index (χ0) is 14.6. The second-order valence-electron chi connectivity index (χ2n) is 6.30. The van der Waals surface area contributed by atoms with Crippen molar-refractivity contribution in [2.45, 2.75) is 39.7 Å². The maximum absolute atomic E-state index is 11.9. The second-order valence-corrected chi connectivity index (χ2v) is 6.30. The lowest BCUT2D eigenvalue weighted by Gasteiger charge is -2.39. The van der Waals surface area contributed by atoms with Crippen LogP contribution in [0.2, 0.25) is 0 Å². The molecule has 1 aromatic carbocycles. The molecule has 3 N–H and O–H groups in total. The summed E-state index contributed by atoms with van der Waals surface area (Å²) in [4.78, 5) is 11.9. The molecule has 110 valence electrons. The molecule has 1 unspecified atom stereocenters. The highest BCUT2D eigenvalue weighted by Crippen LogP contribution is 2.29. The number of rotatable bonds is 3. The van der Waals surface area contributed by atoms with Crippen molar-refractivity contribution in [3.05, 3.63) is 29.8 Å². The van der Waals surface area contributed by atoms with E-state index in [9.17, 15) is 4.79 Å². The van der Waals surface area contributed by atoms with E-state index >= 15 is 0 Å². The quantitative estimate of drug-likeness (QED) is 0.794. The Hall–Kier alpha value is -1.55. The van der Waals surface area contributed by atoms with E-state index in [0.717, 1.165) is 17.8 Å². The lowest BCUT2D eigenvalue weighted by atomic mass is 9.77. The third-order valence-electron chi connectivity index (χ3n) is 4.07. The Morgan fingerprint density at radius 3 is 2.95 bits per heavy atom. The molecule has 0 bridgehead atoms. The molecule has 1 aromatic rings. The first-order valence-corrected chi connectivity index (χ1v) is 7.32. The van der Waals surface area contributed by atoms with Crippen LogP contribution in [-0.4, -0.2) is 25.2 Å². The van der Waals surface area contributed by atoms with Gasteiger partial charge in [-0.05, 0) is 49.4 Å². The number of amides is 2. The summed E-state index contributed by atoms with van der Waals surface area (Å²) in [7, 11) is 0. The summed E-state index contributed by atoms with van der Waals surface area (Å²) in [6.07, 6.45) is 2.41. The maximum Gasteiger partial charge on any atom is 0.319 e. The Morgan fingerprint density at radius 2 is 2.25 bits per heavy atom. The van der Waals surface area contributed by atoms with Crippen molar-refractivity contribution in [3.63, 3.8) is 0 Å². The van der Waals surface area contributed by atoms with E-state index in [1.807, 2.05) is 31.2 Å². The fourth-order valence-corrected chi connectivity index (χ4v) is 2.71. The average molecular weight is 275 g/mol. The van der Waals surface area contributed by atoms with Gasteiger partial charge < -0.3 is 16.0 Å². The van der Waals surface area contributed by atoms with Crippen LogP contribution < -0.4 is 16.0 Å². The Kier molecular flexibility index (Phi) is 4.65. The summed E-state index contributed by atoms with van der Waals surface area (Å²) >= 11 is 0. The zero-order valence-electron chi connectivity index (χ0n) is 12.6. The highest BCUT2D eigenvalue weighted by atomic mass is 16.2. The molecule has 1 fully saturated rings. The van der Waals surface area contributed by atoms with Crippen molar-refractivity contribution < 1.29 is 4.79 Å². The third-order valence-corrected chi connectivity index (χ3v) is 4.07. The highest BCUT2D eigenvalue weighted by Gasteiger charge is 2.31. The number of hydrogen-bond donors (Lipinski definition) is 3. The summed E-state index contributed by atoms with van der Waals surface area (Å²) in [5.41, 5.74) is 2.20. The lowest BCUT2D eigenvalue weighted by molar-refractivity contribution is 0.177. The van der Waals surface area contributed by atoms with Gasteiger partial charge in [0, 0.05) is 18.3 Å². The molecular formula is C16H25N3O. The van der Waals surface area contributed by atoms with Gasteiger partial charge in [-0.3, -0.25) is 0 Å². The molecule has 0 spiro atoms. The van der Waals surface area contributed by atoms with Crippen LogP contribution in [0.25, 0.3) is 0 Å². The molecule has 1 saturated heterocycles. The number of aryl methyl sites for hydroxylation is 1. The van der Waals surface area contributed by atoms with Crippen molar-refractivity contribution in [2.75, 3.05) is 18.4 Å². The average Bonchev–Trinajstić information content (AvgIpc) is 2.37. The molecular weight excluding hydrogens is 250 g/mol. The minimum atomic E-state index is -0.140. The van der Waals surface area contributed by atoms with Gasteiger partial charge in [-0.15, -0.1) is 0 Å². The van der Waals surface area contributed by atoms with E-state index in [1.165, 1.54) is 12.8 Å². The van der Waals surface area contributed by atoms with Crippen molar-refractivity contribution in [2.24, 2.45) is 5.41 Å². The summed E-state index contributed by atoms with van der Waals surface area (Å²) in [6, 6.07) is 8.00. The number of nitrogens with one attached hydrogen (secondary N) is 3. The number of carbonyl (C=O) groups is 1. The van der Waals surface area contributed by atoms with Crippen molar-refractivity contribution in [1.29, 1.82) is 0 Å². The largest absolute Gasteiger partial charge is 0.336 e. The SMILES string of the molecule is Cc1cccc(NC(=O)NCC2NCCCC2(C)C)c1. The zero-order valence-corrected chi connectivity index (χ0v) is 12.6. The Balaban J connectivity index is 1.83. The molecule has 1 aliphatic heterocycles. The third kappa shape index (κ3) is 3.97. The van der Waals surface area contributed by atoms with Gasteiger partial charge in [0.05, 0.1) is 0 Å². The van der Waals surface area contributed by atoms with Gasteiger partial charge in [0.25, 0.3) is 0 Å². The molecule has 1 atom stereocenters. The minimum absolute atomic E-state index is 0.140. The van der Waals surface area contributed by atoms with Crippen molar-refractivity contribution >= 4 is 11.7 Å². The summed E-state index contributed by atoms with van der Waals surface area (Å²) in [6.45, 7) is 8.21. The standard InChI is InChI=1S/C16H25N3O/c1-12-6-4-7-13(10-12)19-15(20)18-11-14-16(2,3)8-5-9-17-14/h4,6-7,10,14,17H,5,8-9,11H2,1-3H3,(H2,18,19,20). The molecule has 0 saturated carbocycles. The van der Waals surface area contributed by atoms with Gasteiger partial charge in [-0.2, -0.15) is 0 Å². The van der Waals surface area contributed by atoms with Gasteiger partial charge in [0.2, 0.25) is 0 Å². The molecule has 4 heteroatoms. The topological polar surface area (TPSA) is 53.2 Å². The molecule has 4 nitrogen and oxygen atoms in total. The summed E-state index contributed by atoms with van der Waals surface area (Å²) < 4.78 is 0. The smallest absolute Gasteiger partial charge is 0.319 e. The number of piperidine rings is 1. The van der Waals surface area contributed by atoms with Crippen molar-refractivity contribution in [3.8, 4) is 0 Å². The van der Waals surface area contributed by atoms with Crippen LogP contribution in [-0.2, 0) is 0 Å². The van der Waals surface area contributed by atoms with Crippen LogP contribution in [0, 0.1) is 12.3 Å². The Morgan fingerprint density at radius 1 is 1.45 bits per heavy atom. The monoisotopic (exact) mass is 275 g/mol. The Bertz CT molecular complexity index is 471. The van der Waals surface area contributed by atoms with Crippen LogP contribution in [0.5, 0.6) is 0 Å². The fraction of sp³-hybridized carbons (Fsp3) is 0.562. The molecule has 0 radical (unpaired) electrons. The first-order chi connectivity index (χ1) is 9.47. The first-order valence-electron chi connectivity index (χ1n) is 7.32. The van der Waals surface area contributed by atoms with E-state index in [-0.39, 0.29) is 11.4 Å². The number of anilines is 1. The molecule has 1 heterocycles. The minimum Gasteiger partial charge on any atom is -0.336 e. The number of hydrogen-bond acceptors (Lipinski definition) is 2. The van der Waals surface area contributed by atoms with Crippen LogP contribution >= 0.6 is 0 Å². The van der Waals surface area contributed by atoms with E-state index in [2.05, 4.69) is 29.8 Å². The van der Waals surface area contributed by atoms with Crippen LogP contribution in [0.3, 0.4) is 0 Å². The van der Waals surface area contributed by atoms with Gasteiger partial charge in [-0.25, -0.2) is 4.79 Å².